The molecule has 0 spiro atoms. The first-order valence-electron chi connectivity index (χ1n) is 7.93. The second-order valence-corrected chi connectivity index (χ2v) is 5.90. The Morgan fingerprint density at radius 3 is 3.10 bits per heavy atom. The van der Waals surface area contributed by atoms with Crippen LogP contribution in [-0.4, -0.2) is 26.4 Å². The minimum absolute atomic E-state index is 0.461. The zero-order chi connectivity index (χ0) is 13.8. The van der Waals surface area contributed by atoms with Crippen molar-refractivity contribution in [2.45, 2.75) is 38.6 Å². The van der Waals surface area contributed by atoms with Gasteiger partial charge in [-0.05, 0) is 48.9 Å². The predicted octanol–water partition coefficient (Wildman–Crippen LogP) is 3.09. The minimum atomic E-state index is 0.461. The maximum absolute atomic E-state index is 5.58. The molecule has 3 heteroatoms. The van der Waals surface area contributed by atoms with Crippen LogP contribution < -0.4 is 10.1 Å². The highest BCUT2D eigenvalue weighted by Gasteiger charge is 2.18. The molecule has 1 fully saturated rings. The first-order chi connectivity index (χ1) is 9.86. The summed E-state index contributed by atoms with van der Waals surface area (Å²) in [4.78, 5) is 0. The smallest absolute Gasteiger partial charge is 0.122 e. The molecule has 2 heterocycles. The molecule has 0 aliphatic carbocycles. The Hall–Kier alpha value is -1.06. The molecule has 2 aliphatic rings. The normalized spacial score (nSPS) is 22.6. The van der Waals surface area contributed by atoms with E-state index in [-0.39, 0.29) is 0 Å². The molecule has 1 N–H and O–H groups in total. The lowest BCUT2D eigenvalue weighted by atomic mass is 9.99. The molecule has 0 radical (unpaired) electrons. The number of nitrogens with one attached hydrogen (secondary N) is 1. The second-order valence-electron chi connectivity index (χ2n) is 5.90. The Labute approximate surface area is 121 Å². The fourth-order valence-corrected chi connectivity index (χ4v) is 3.19. The van der Waals surface area contributed by atoms with Crippen molar-refractivity contribution >= 4 is 0 Å². The van der Waals surface area contributed by atoms with Crippen molar-refractivity contribution in [3.8, 4) is 5.75 Å². The molecule has 1 aromatic carbocycles. The molecule has 110 valence electrons. The summed E-state index contributed by atoms with van der Waals surface area (Å²) in [6.45, 7) is 6.08. The molecular formula is C17H25NO2. The van der Waals surface area contributed by atoms with Gasteiger partial charge in [0.15, 0.2) is 0 Å². The van der Waals surface area contributed by atoms with Gasteiger partial charge >= 0.3 is 0 Å². The number of rotatable bonds is 6. The van der Waals surface area contributed by atoms with Gasteiger partial charge in [-0.1, -0.05) is 19.1 Å². The molecule has 3 rings (SSSR count). The van der Waals surface area contributed by atoms with E-state index in [9.17, 15) is 0 Å². The number of hydrogen-bond donors (Lipinski definition) is 1. The molecule has 20 heavy (non-hydrogen) atoms. The molecular weight excluding hydrogens is 250 g/mol. The summed E-state index contributed by atoms with van der Waals surface area (Å²) in [7, 11) is 0. The lowest BCUT2D eigenvalue weighted by Gasteiger charge is -2.19. The molecule has 2 unspecified atom stereocenters. The molecule has 2 aliphatic heterocycles. The Morgan fingerprint density at radius 2 is 2.30 bits per heavy atom. The maximum Gasteiger partial charge on any atom is 0.122 e. The Balaban J connectivity index is 1.55. The molecule has 0 aromatic heterocycles. The summed E-state index contributed by atoms with van der Waals surface area (Å²) < 4.78 is 11.0. The third kappa shape index (κ3) is 3.15. The van der Waals surface area contributed by atoms with E-state index in [0.29, 0.717) is 6.04 Å². The van der Waals surface area contributed by atoms with Crippen molar-refractivity contribution in [1.82, 2.24) is 5.32 Å². The first kappa shape index (κ1) is 13.9. The highest BCUT2D eigenvalue weighted by Crippen LogP contribution is 2.29. The van der Waals surface area contributed by atoms with Crippen LogP contribution in [0.2, 0.25) is 0 Å². The largest absolute Gasteiger partial charge is 0.493 e. The highest BCUT2D eigenvalue weighted by molar-refractivity contribution is 5.40. The van der Waals surface area contributed by atoms with E-state index in [1.807, 2.05) is 0 Å². The monoisotopic (exact) mass is 275 g/mol. The third-order valence-electron chi connectivity index (χ3n) is 4.49. The Kier molecular flexibility index (Phi) is 4.58. The number of hydrogen-bond acceptors (Lipinski definition) is 3. The molecule has 1 aromatic rings. The highest BCUT2D eigenvalue weighted by atomic mass is 16.5. The maximum atomic E-state index is 5.58. The summed E-state index contributed by atoms with van der Waals surface area (Å²) in [5, 5.41) is 3.71. The van der Waals surface area contributed by atoms with Crippen LogP contribution in [-0.2, 0) is 11.2 Å². The molecule has 0 bridgehead atoms. The van der Waals surface area contributed by atoms with Crippen molar-refractivity contribution in [3.05, 3.63) is 29.3 Å². The zero-order valence-electron chi connectivity index (χ0n) is 12.4. The predicted molar refractivity (Wildman–Crippen MR) is 80.2 cm³/mol. The van der Waals surface area contributed by atoms with Crippen molar-refractivity contribution in [2.75, 3.05) is 26.4 Å². The van der Waals surface area contributed by atoms with Gasteiger partial charge in [0.2, 0.25) is 0 Å². The van der Waals surface area contributed by atoms with Crippen LogP contribution in [0.3, 0.4) is 0 Å². The van der Waals surface area contributed by atoms with Gasteiger partial charge in [-0.3, -0.25) is 0 Å². The quantitative estimate of drug-likeness (QED) is 0.865. The van der Waals surface area contributed by atoms with Gasteiger partial charge in [-0.2, -0.15) is 0 Å². The summed E-state index contributed by atoms with van der Waals surface area (Å²) in [6.07, 6.45) is 4.64. The van der Waals surface area contributed by atoms with Crippen LogP contribution in [0, 0.1) is 5.92 Å². The fourth-order valence-electron chi connectivity index (χ4n) is 3.19. The lowest BCUT2D eigenvalue weighted by molar-refractivity contribution is 0.184. The topological polar surface area (TPSA) is 30.5 Å². The van der Waals surface area contributed by atoms with Gasteiger partial charge in [0, 0.05) is 25.7 Å². The first-order valence-corrected chi connectivity index (χ1v) is 7.93. The van der Waals surface area contributed by atoms with Crippen LogP contribution in [0.4, 0.5) is 0 Å². The van der Waals surface area contributed by atoms with Crippen molar-refractivity contribution in [3.63, 3.8) is 0 Å². The SMILES string of the molecule is CCC(NCCC1CCOC1)c1ccc2c(c1)CCO2. The molecule has 1 saturated heterocycles. The minimum Gasteiger partial charge on any atom is -0.493 e. The lowest BCUT2D eigenvalue weighted by Crippen LogP contribution is -2.23. The Morgan fingerprint density at radius 1 is 1.35 bits per heavy atom. The fraction of sp³-hybridized carbons (Fsp3) is 0.647. The van der Waals surface area contributed by atoms with E-state index < -0.39 is 0 Å². The van der Waals surface area contributed by atoms with Gasteiger partial charge in [-0.15, -0.1) is 0 Å². The van der Waals surface area contributed by atoms with Crippen molar-refractivity contribution in [2.24, 2.45) is 5.92 Å². The van der Waals surface area contributed by atoms with Crippen LogP contribution in [0.1, 0.15) is 43.4 Å². The summed E-state index contributed by atoms with van der Waals surface area (Å²) in [5.74, 6) is 1.83. The zero-order valence-corrected chi connectivity index (χ0v) is 12.4. The van der Waals surface area contributed by atoms with E-state index in [0.717, 1.165) is 50.9 Å². The van der Waals surface area contributed by atoms with Gasteiger partial charge < -0.3 is 14.8 Å². The van der Waals surface area contributed by atoms with E-state index in [1.54, 1.807) is 0 Å². The number of benzene rings is 1. The van der Waals surface area contributed by atoms with Gasteiger partial charge in [0.05, 0.1) is 6.61 Å². The molecule has 3 nitrogen and oxygen atoms in total. The number of fused-ring (bicyclic) bond motifs is 1. The van der Waals surface area contributed by atoms with E-state index in [1.165, 1.54) is 24.0 Å². The number of ether oxygens (including phenoxy) is 2. The molecule has 0 amide bonds. The summed E-state index contributed by atoms with van der Waals surface area (Å²) in [6, 6.07) is 7.13. The second kappa shape index (κ2) is 6.59. The van der Waals surface area contributed by atoms with Crippen molar-refractivity contribution < 1.29 is 9.47 Å². The average molecular weight is 275 g/mol. The summed E-state index contributed by atoms with van der Waals surface area (Å²) >= 11 is 0. The average Bonchev–Trinajstić information content (AvgIpc) is 3.13. The Bertz CT molecular complexity index is 441. The molecule has 0 saturated carbocycles. The third-order valence-corrected chi connectivity index (χ3v) is 4.49. The van der Waals surface area contributed by atoms with Crippen LogP contribution in [0.25, 0.3) is 0 Å². The van der Waals surface area contributed by atoms with Crippen LogP contribution in [0.5, 0.6) is 5.75 Å². The standard InChI is InChI=1S/C17H25NO2/c1-2-16(18-8-5-13-6-9-19-12-13)14-3-4-17-15(11-14)7-10-20-17/h3-4,11,13,16,18H,2,5-10,12H2,1H3. The van der Waals surface area contributed by atoms with Crippen LogP contribution >= 0.6 is 0 Å². The van der Waals surface area contributed by atoms with E-state index in [2.05, 4.69) is 30.4 Å². The van der Waals surface area contributed by atoms with Gasteiger partial charge in [0.1, 0.15) is 5.75 Å². The molecule has 2 atom stereocenters. The van der Waals surface area contributed by atoms with Gasteiger partial charge in [0.25, 0.3) is 0 Å². The van der Waals surface area contributed by atoms with E-state index >= 15 is 0 Å². The summed E-state index contributed by atoms with van der Waals surface area (Å²) in [5.41, 5.74) is 2.77. The van der Waals surface area contributed by atoms with Gasteiger partial charge in [-0.25, -0.2) is 0 Å². The van der Waals surface area contributed by atoms with Crippen LogP contribution in [0.15, 0.2) is 18.2 Å². The van der Waals surface area contributed by atoms with E-state index in [4.69, 9.17) is 9.47 Å². The van der Waals surface area contributed by atoms with Crippen molar-refractivity contribution in [1.29, 1.82) is 0 Å².